The summed E-state index contributed by atoms with van der Waals surface area (Å²) in [5, 5.41) is 11.6. The molecule has 1 aliphatic carbocycles. The van der Waals surface area contributed by atoms with Crippen LogP contribution in [0.15, 0.2) is 29.2 Å². The number of carbonyl (C=O) groups excluding carboxylic acids is 1. The molecule has 0 unspecified atom stereocenters. The molecule has 104 valence electrons. The third-order valence-corrected chi connectivity index (χ3v) is 4.60. The third-order valence-electron chi connectivity index (χ3n) is 3.93. The van der Waals surface area contributed by atoms with Gasteiger partial charge >= 0.3 is 0 Å². The molecule has 3 rings (SSSR count). The van der Waals surface area contributed by atoms with E-state index in [1.54, 1.807) is 6.07 Å². The van der Waals surface area contributed by atoms with Crippen molar-refractivity contribution >= 4 is 39.5 Å². The van der Waals surface area contributed by atoms with Crippen molar-refractivity contribution in [2.24, 2.45) is 0 Å². The van der Waals surface area contributed by atoms with Crippen LogP contribution in [0.1, 0.15) is 42.1 Å². The van der Waals surface area contributed by atoms with E-state index in [4.69, 9.17) is 0 Å². The predicted octanol–water partition coefficient (Wildman–Crippen LogP) is 2.08. The first kappa shape index (κ1) is 13.6. The van der Waals surface area contributed by atoms with Crippen LogP contribution in [0.25, 0.3) is 10.9 Å². The van der Waals surface area contributed by atoms with E-state index in [-0.39, 0.29) is 11.6 Å². The quantitative estimate of drug-likeness (QED) is 0.748. The number of carboxylic acids is 1. The summed E-state index contributed by atoms with van der Waals surface area (Å²) in [6.45, 7) is 0. The van der Waals surface area contributed by atoms with E-state index < -0.39 is 11.4 Å². The minimum atomic E-state index is -1.40. The van der Waals surface area contributed by atoms with Crippen molar-refractivity contribution in [3.63, 3.8) is 0 Å². The number of carbonyl (C=O) groups is 1. The fourth-order valence-electron chi connectivity index (χ4n) is 2.95. The number of aromatic carboxylic acids is 1. The molecule has 0 radical (unpaired) electrons. The molecule has 1 aliphatic rings. The number of halogens is 1. The molecular weight excluding hydrogens is 369 g/mol. The number of nitrogens with zero attached hydrogens (tertiary/aromatic N) is 1. The van der Waals surface area contributed by atoms with Gasteiger partial charge in [0, 0.05) is 21.2 Å². The second-order valence-corrected chi connectivity index (χ2v) is 6.41. The number of benzene rings is 1. The maximum absolute atomic E-state index is 12.2. The number of fused-ring (bicyclic) bond motifs is 1. The third kappa shape index (κ3) is 2.24. The molecule has 2 aromatic rings. The van der Waals surface area contributed by atoms with Crippen LogP contribution >= 0.6 is 22.6 Å². The van der Waals surface area contributed by atoms with Crippen molar-refractivity contribution in [1.29, 1.82) is 0 Å². The minimum Gasteiger partial charge on any atom is -0.545 e. The molecule has 0 aliphatic heterocycles. The summed E-state index contributed by atoms with van der Waals surface area (Å²) in [6.07, 6.45) is 5.80. The van der Waals surface area contributed by atoms with E-state index in [0.29, 0.717) is 5.39 Å². The maximum atomic E-state index is 12.2. The van der Waals surface area contributed by atoms with Gasteiger partial charge in [-0.1, -0.05) is 12.8 Å². The van der Waals surface area contributed by atoms with Gasteiger partial charge in [-0.3, -0.25) is 4.79 Å². The molecule has 1 aromatic heterocycles. The Balaban J connectivity index is 2.35. The highest BCUT2D eigenvalue weighted by Gasteiger charge is 2.20. The highest BCUT2D eigenvalue weighted by atomic mass is 127. The van der Waals surface area contributed by atoms with Gasteiger partial charge in [-0.15, -0.1) is 0 Å². The van der Waals surface area contributed by atoms with Crippen molar-refractivity contribution in [2.75, 3.05) is 0 Å². The van der Waals surface area contributed by atoms with Crippen LogP contribution < -0.4 is 10.5 Å². The van der Waals surface area contributed by atoms with E-state index in [0.717, 1.165) is 34.8 Å². The second kappa shape index (κ2) is 5.20. The zero-order valence-corrected chi connectivity index (χ0v) is 12.9. The van der Waals surface area contributed by atoms with Crippen LogP contribution in [0.5, 0.6) is 0 Å². The summed E-state index contributed by atoms with van der Waals surface area (Å²) in [7, 11) is 0. The van der Waals surface area contributed by atoms with E-state index in [1.807, 2.05) is 16.7 Å². The normalized spacial score (nSPS) is 15.8. The van der Waals surface area contributed by atoms with Crippen molar-refractivity contribution in [2.45, 2.75) is 31.7 Å². The van der Waals surface area contributed by atoms with Crippen molar-refractivity contribution in [3.8, 4) is 0 Å². The molecule has 0 atom stereocenters. The highest BCUT2D eigenvalue weighted by Crippen LogP contribution is 2.32. The Kier molecular flexibility index (Phi) is 3.54. The highest BCUT2D eigenvalue weighted by molar-refractivity contribution is 14.1. The van der Waals surface area contributed by atoms with Gasteiger partial charge in [-0.25, -0.2) is 0 Å². The molecule has 5 heteroatoms. The van der Waals surface area contributed by atoms with Crippen molar-refractivity contribution < 1.29 is 9.90 Å². The molecule has 20 heavy (non-hydrogen) atoms. The molecule has 0 N–H and O–H groups in total. The summed E-state index contributed by atoms with van der Waals surface area (Å²) in [4.78, 5) is 23.4. The smallest absolute Gasteiger partial charge is 0.198 e. The molecule has 1 saturated carbocycles. The molecule has 0 amide bonds. The monoisotopic (exact) mass is 382 g/mol. The molecular formula is C15H13INO3-. The summed E-state index contributed by atoms with van der Waals surface area (Å²) in [5.74, 6) is -1.40. The lowest BCUT2D eigenvalue weighted by molar-refractivity contribution is -0.255. The number of rotatable bonds is 2. The largest absolute Gasteiger partial charge is 0.545 e. The lowest BCUT2D eigenvalue weighted by atomic mass is 10.1. The van der Waals surface area contributed by atoms with Crippen LogP contribution in [0.4, 0.5) is 0 Å². The Morgan fingerprint density at radius 1 is 1.30 bits per heavy atom. The summed E-state index contributed by atoms with van der Waals surface area (Å²) >= 11 is 2.20. The lowest BCUT2D eigenvalue weighted by Gasteiger charge is -2.19. The van der Waals surface area contributed by atoms with E-state index in [9.17, 15) is 14.7 Å². The van der Waals surface area contributed by atoms with Gasteiger partial charge in [0.25, 0.3) is 0 Å². The van der Waals surface area contributed by atoms with Crippen LogP contribution in [-0.4, -0.2) is 10.5 Å². The van der Waals surface area contributed by atoms with E-state index in [2.05, 4.69) is 22.6 Å². The molecule has 0 saturated heterocycles. The topological polar surface area (TPSA) is 62.1 Å². The molecule has 4 nitrogen and oxygen atoms in total. The maximum Gasteiger partial charge on any atom is 0.198 e. The van der Waals surface area contributed by atoms with Crippen LogP contribution in [0.3, 0.4) is 0 Å². The SMILES string of the molecule is O=C([O-])c1cn(C2CCCC2)c2cc(I)ccc2c1=O. The molecule has 1 fully saturated rings. The number of hydrogen-bond donors (Lipinski definition) is 0. The Bertz CT molecular complexity index is 745. The number of pyridine rings is 1. The Labute approximate surface area is 129 Å². The number of hydrogen-bond acceptors (Lipinski definition) is 3. The predicted molar refractivity (Wildman–Crippen MR) is 82.8 cm³/mol. The zero-order chi connectivity index (χ0) is 14.3. The molecule has 1 aromatic carbocycles. The lowest BCUT2D eigenvalue weighted by Crippen LogP contribution is -2.30. The fourth-order valence-corrected chi connectivity index (χ4v) is 3.43. The molecule has 1 heterocycles. The van der Waals surface area contributed by atoms with Gasteiger partial charge in [-0.05, 0) is 53.6 Å². The Morgan fingerprint density at radius 3 is 2.65 bits per heavy atom. The summed E-state index contributed by atoms with van der Waals surface area (Å²) in [5.41, 5.74) is 0.120. The van der Waals surface area contributed by atoms with Gasteiger partial charge in [0.1, 0.15) is 0 Å². The van der Waals surface area contributed by atoms with Crippen LogP contribution in [-0.2, 0) is 0 Å². The second-order valence-electron chi connectivity index (χ2n) is 5.17. The van der Waals surface area contributed by atoms with Crippen molar-refractivity contribution in [1.82, 2.24) is 4.57 Å². The van der Waals surface area contributed by atoms with Gasteiger partial charge in [-0.2, -0.15) is 0 Å². The van der Waals surface area contributed by atoms with Gasteiger partial charge < -0.3 is 14.5 Å². The van der Waals surface area contributed by atoms with E-state index in [1.165, 1.54) is 6.20 Å². The standard InChI is InChI=1S/C15H14INO3/c16-9-5-6-11-13(7-9)17(10-3-1-2-4-10)8-12(14(11)18)15(19)20/h5-8,10H,1-4H2,(H,19,20)/p-1. The first-order valence-electron chi connectivity index (χ1n) is 6.63. The average molecular weight is 382 g/mol. The first-order chi connectivity index (χ1) is 9.58. The van der Waals surface area contributed by atoms with Crippen LogP contribution in [0.2, 0.25) is 0 Å². The first-order valence-corrected chi connectivity index (χ1v) is 7.71. The van der Waals surface area contributed by atoms with E-state index >= 15 is 0 Å². The minimum absolute atomic E-state index is 0.245. The zero-order valence-electron chi connectivity index (χ0n) is 10.8. The summed E-state index contributed by atoms with van der Waals surface area (Å²) < 4.78 is 2.99. The van der Waals surface area contributed by atoms with Gasteiger partial charge in [0.05, 0.1) is 17.0 Å². The van der Waals surface area contributed by atoms with Crippen molar-refractivity contribution in [3.05, 3.63) is 43.8 Å². The fraction of sp³-hybridized carbons (Fsp3) is 0.333. The average Bonchev–Trinajstić information content (AvgIpc) is 2.92. The molecule has 0 bridgehead atoms. The van der Waals surface area contributed by atoms with Gasteiger partial charge in [0.2, 0.25) is 0 Å². The number of carboxylic acid groups (broad SMARTS) is 1. The Morgan fingerprint density at radius 2 is 2.00 bits per heavy atom. The molecule has 0 spiro atoms. The summed E-state index contributed by atoms with van der Waals surface area (Å²) in [6, 6.07) is 5.74. The van der Waals surface area contributed by atoms with Crippen LogP contribution in [0, 0.1) is 3.57 Å². The number of aromatic nitrogens is 1. The van der Waals surface area contributed by atoms with Gasteiger partial charge in [0.15, 0.2) is 5.43 Å². The Hall–Kier alpha value is -1.37.